The molecule has 0 radical (unpaired) electrons. The van der Waals surface area contributed by atoms with Crippen LogP contribution in [-0.2, 0) is 6.54 Å². The molecular formula is C21H27NO4. The smallest absolute Gasteiger partial charge is 0.129 e. The van der Waals surface area contributed by atoms with Crippen LogP contribution in [0.15, 0.2) is 54.6 Å². The van der Waals surface area contributed by atoms with Gasteiger partial charge in [-0.2, -0.15) is 0 Å². The minimum Gasteiger partial charge on any atom is -0.491 e. The Morgan fingerprint density at radius 2 is 1.81 bits per heavy atom. The summed E-state index contributed by atoms with van der Waals surface area (Å²) in [7, 11) is 0. The molecule has 3 rings (SSSR count). The zero-order valence-electron chi connectivity index (χ0n) is 15.2. The molecule has 2 aromatic carbocycles. The predicted molar refractivity (Wildman–Crippen MR) is 100 cm³/mol. The quantitative estimate of drug-likeness (QED) is 0.797. The summed E-state index contributed by atoms with van der Waals surface area (Å²) in [5.74, 6) is 1.55. The topological polar surface area (TPSA) is 62.2 Å². The lowest BCUT2D eigenvalue weighted by Crippen LogP contribution is -2.56. The molecule has 5 heteroatoms. The molecule has 0 spiro atoms. The van der Waals surface area contributed by atoms with Crippen molar-refractivity contribution in [2.45, 2.75) is 31.6 Å². The van der Waals surface area contributed by atoms with Crippen LogP contribution in [0, 0.1) is 0 Å². The number of aliphatic hydroxyl groups excluding tert-OH is 1. The molecule has 140 valence electrons. The SMILES string of the molecule is C[C@]1(O)CN(Cc2ccc(OCCO)cc2)CC[C@@H]1Oc1ccccc1. The number of benzene rings is 2. The van der Waals surface area contributed by atoms with E-state index in [1.165, 1.54) is 5.56 Å². The van der Waals surface area contributed by atoms with Crippen LogP contribution in [0.25, 0.3) is 0 Å². The van der Waals surface area contributed by atoms with Crippen molar-refractivity contribution in [3.05, 3.63) is 60.2 Å². The fourth-order valence-corrected chi connectivity index (χ4v) is 3.34. The van der Waals surface area contributed by atoms with Crippen molar-refractivity contribution in [3.63, 3.8) is 0 Å². The number of rotatable bonds is 7. The molecule has 0 unspecified atom stereocenters. The van der Waals surface area contributed by atoms with Crippen LogP contribution < -0.4 is 9.47 Å². The van der Waals surface area contributed by atoms with Crippen molar-refractivity contribution in [3.8, 4) is 11.5 Å². The maximum absolute atomic E-state index is 10.9. The summed E-state index contributed by atoms with van der Waals surface area (Å²) < 4.78 is 11.4. The standard InChI is InChI=1S/C21H27NO4/c1-21(24)16-22(12-11-20(21)26-19-5-3-2-4-6-19)15-17-7-9-18(10-8-17)25-14-13-23/h2-10,20,23-24H,11-16H2,1H3/t20-,21-/m0/s1. The third-order valence-electron chi connectivity index (χ3n) is 4.66. The van der Waals surface area contributed by atoms with Crippen molar-refractivity contribution >= 4 is 0 Å². The van der Waals surface area contributed by atoms with Gasteiger partial charge < -0.3 is 19.7 Å². The lowest BCUT2D eigenvalue weighted by molar-refractivity contribution is -0.0993. The maximum Gasteiger partial charge on any atom is 0.129 e. The molecule has 1 heterocycles. The van der Waals surface area contributed by atoms with Crippen molar-refractivity contribution < 1.29 is 19.7 Å². The number of β-amino-alcohol motifs (C(OH)–C–C–N with tert-alkyl or cyclic N) is 1. The number of likely N-dealkylation sites (tertiary alicyclic amines) is 1. The number of ether oxygens (including phenoxy) is 2. The second-order valence-corrected chi connectivity index (χ2v) is 6.99. The molecule has 0 aromatic heterocycles. The van der Waals surface area contributed by atoms with E-state index >= 15 is 0 Å². The molecule has 1 saturated heterocycles. The fourth-order valence-electron chi connectivity index (χ4n) is 3.34. The monoisotopic (exact) mass is 357 g/mol. The van der Waals surface area contributed by atoms with Gasteiger partial charge in [-0.3, -0.25) is 4.90 Å². The van der Waals surface area contributed by atoms with E-state index in [-0.39, 0.29) is 12.7 Å². The fraction of sp³-hybridized carbons (Fsp3) is 0.429. The maximum atomic E-state index is 10.9. The van der Waals surface area contributed by atoms with Crippen LogP contribution in [0.1, 0.15) is 18.9 Å². The van der Waals surface area contributed by atoms with Gasteiger partial charge in [0.15, 0.2) is 0 Å². The summed E-state index contributed by atoms with van der Waals surface area (Å²) in [6.45, 7) is 4.37. The summed E-state index contributed by atoms with van der Waals surface area (Å²) in [4.78, 5) is 2.24. The lowest BCUT2D eigenvalue weighted by atomic mass is 9.91. The Bertz CT molecular complexity index is 672. The number of aliphatic hydroxyl groups is 2. The van der Waals surface area contributed by atoms with Crippen molar-refractivity contribution in [1.82, 2.24) is 4.90 Å². The van der Waals surface area contributed by atoms with Crippen LogP contribution >= 0.6 is 0 Å². The normalized spacial score (nSPS) is 23.6. The van der Waals surface area contributed by atoms with Gasteiger partial charge >= 0.3 is 0 Å². The highest BCUT2D eigenvalue weighted by Crippen LogP contribution is 2.27. The Kier molecular flexibility index (Phi) is 6.14. The van der Waals surface area contributed by atoms with E-state index in [2.05, 4.69) is 4.90 Å². The van der Waals surface area contributed by atoms with Crippen LogP contribution in [0.3, 0.4) is 0 Å². The minimum atomic E-state index is -0.904. The predicted octanol–water partition coefficient (Wildman–Crippen LogP) is 2.46. The molecular weight excluding hydrogens is 330 g/mol. The summed E-state index contributed by atoms with van der Waals surface area (Å²) in [6.07, 6.45) is 0.565. The molecule has 2 atom stereocenters. The van der Waals surface area contributed by atoms with Crippen molar-refractivity contribution in [2.75, 3.05) is 26.3 Å². The Labute approximate surface area is 154 Å². The Balaban J connectivity index is 1.55. The molecule has 0 aliphatic carbocycles. The molecule has 1 aliphatic heterocycles. The summed E-state index contributed by atoms with van der Waals surface area (Å²) in [5, 5.41) is 19.7. The molecule has 1 fully saturated rings. The van der Waals surface area contributed by atoms with Gasteiger partial charge in [-0.15, -0.1) is 0 Å². The molecule has 0 amide bonds. The van der Waals surface area contributed by atoms with Crippen LogP contribution in [-0.4, -0.2) is 53.1 Å². The number of nitrogens with zero attached hydrogens (tertiary/aromatic N) is 1. The van der Waals surface area contributed by atoms with Gasteiger partial charge in [0.05, 0.1) is 6.61 Å². The van der Waals surface area contributed by atoms with Crippen molar-refractivity contribution in [2.24, 2.45) is 0 Å². The van der Waals surface area contributed by atoms with Gasteiger partial charge in [0.25, 0.3) is 0 Å². The van der Waals surface area contributed by atoms with Gasteiger partial charge in [0.1, 0.15) is 29.8 Å². The average Bonchev–Trinajstić information content (AvgIpc) is 2.64. The summed E-state index contributed by atoms with van der Waals surface area (Å²) >= 11 is 0. The van der Waals surface area contributed by atoms with Gasteiger partial charge in [-0.1, -0.05) is 30.3 Å². The molecule has 1 aliphatic rings. The molecule has 0 saturated carbocycles. The van der Waals surface area contributed by atoms with Gasteiger partial charge in [-0.25, -0.2) is 0 Å². The molecule has 26 heavy (non-hydrogen) atoms. The summed E-state index contributed by atoms with van der Waals surface area (Å²) in [5.41, 5.74) is 0.262. The van der Waals surface area contributed by atoms with E-state index in [0.717, 1.165) is 31.0 Å². The molecule has 2 N–H and O–H groups in total. The third-order valence-corrected chi connectivity index (χ3v) is 4.66. The highest BCUT2D eigenvalue weighted by Gasteiger charge is 2.39. The van der Waals surface area contributed by atoms with E-state index in [4.69, 9.17) is 14.6 Å². The zero-order chi connectivity index (χ0) is 18.4. The van der Waals surface area contributed by atoms with E-state index in [9.17, 15) is 5.11 Å². The zero-order valence-corrected chi connectivity index (χ0v) is 15.2. The minimum absolute atomic E-state index is 0.0107. The van der Waals surface area contributed by atoms with Gasteiger partial charge in [0.2, 0.25) is 0 Å². The summed E-state index contributed by atoms with van der Waals surface area (Å²) in [6, 6.07) is 17.5. The molecule has 2 aromatic rings. The highest BCUT2D eigenvalue weighted by atomic mass is 16.5. The third kappa shape index (κ3) is 4.97. The first-order valence-corrected chi connectivity index (χ1v) is 9.06. The Morgan fingerprint density at radius 3 is 2.46 bits per heavy atom. The van der Waals surface area contributed by atoms with E-state index in [0.29, 0.717) is 13.2 Å². The van der Waals surface area contributed by atoms with Crippen LogP contribution in [0.2, 0.25) is 0 Å². The number of para-hydroxylation sites is 1. The van der Waals surface area contributed by atoms with Crippen molar-refractivity contribution in [1.29, 1.82) is 0 Å². The highest BCUT2D eigenvalue weighted by molar-refractivity contribution is 5.27. The number of hydrogen-bond donors (Lipinski definition) is 2. The number of hydrogen-bond acceptors (Lipinski definition) is 5. The van der Waals surface area contributed by atoms with Gasteiger partial charge in [0, 0.05) is 19.6 Å². The van der Waals surface area contributed by atoms with E-state index in [1.807, 2.05) is 61.5 Å². The molecule has 5 nitrogen and oxygen atoms in total. The van der Waals surface area contributed by atoms with E-state index in [1.54, 1.807) is 0 Å². The van der Waals surface area contributed by atoms with E-state index < -0.39 is 5.60 Å². The number of piperidine rings is 1. The van der Waals surface area contributed by atoms with Crippen LogP contribution in [0.4, 0.5) is 0 Å². The Hall–Kier alpha value is -2.08. The first kappa shape index (κ1) is 18.7. The molecule has 0 bridgehead atoms. The first-order valence-electron chi connectivity index (χ1n) is 9.06. The van der Waals surface area contributed by atoms with Crippen LogP contribution in [0.5, 0.6) is 11.5 Å². The average molecular weight is 357 g/mol. The second-order valence-electron chi connectivity index (χ2n) is 6.99. The Morgan fingerprint density at radius 1 is 1.08 bits per heavy atom. The lowest BCUT2D eigenvalue weighted by Gasteiger charge is -2.42. The second kappa shape index (κ2) is 8.54. The largest absolute Gasteiger partial charge is 0.491 e. The first-order chi connectivity index (χ1) is 12.6. The van der Waals surface area contributed by atoms with Gasteiger partial charge in [-0.05, 0) is 43.2 Å².